The van der Waals surface area contributed by atoms with E-state index in [0.29, 0.717) is 5.57 Å². The first-order chi connectivity index (χ1) is 5.95. The first-order valence-electron chi connectivity index (χ1n) is 3.85. The summed E-state index contributed by atoms with van der Waals surface area (Å²) in [6, 6.07) is 0. The third-order valence-electron chi connectivity index (χ3n) is 1.76. The van der Waals surface area contributed by atoms with Crippen molar-refractivity contribution in [3.8, 4) is 0 Å². The third kappa shape index (κ3) is 1.76. The Balaban J connectivity index is 2.81. The molecule has 0 aliphatic carbocycles. The van der Waals surface area contributed by atoms with E-state index in [2.05, 4.69) is 6.58 Å². The van der Waals surface area contributed by atoms with Crippen molar-refractivity contribution in [3.63, 3.8) is 0 Å². The van der Waals surface area contributed by atoms with Gasteiger partial charge in [0, 0.05) is 0 Å². The van der Waals surface area contributed by atoms with Crippen LogP contribution in [-0.4, -0.2) is 32.4 Å². The van der Waals surface area contributed by atoms with Crippen molar-refractivity contribution in [3.05, 3.63) is 12.2 Å². The Bertz CT molecular complexity index is 257. The second kappa shape index (κ2) is 3.51. The lowest BCUT2D eigenvalue weighted by Crippen LogP contribution is -2.32. The molecule has 0 saturated carbocycles. The van der Waals surface area contributed by atoms with Crippen LogP contribution in [0, 0.1) is 0 Å². The molecule has 1 aliphatic heterocycles. The monoisotopic (exact) mass is 201 g/mol. The SMILES string of the molecule is C=C(C)CN1C(=O)C(C)[S+]([O-])C1=O. The van der Waals surface area contributed by atoms with Gasteiger partial charge in [0.05, 0.1) is 17.7 Å². The number of hydrogen-bond donors (Lipinski definition) is 0. The standard InChI is InChI=1S/C8H11NO3S/c1-5(2)4-9-7(10)6(3)13(12)8(9)11/h6H,1,4H2,2-3H3. The Morgan fingerprint density at radius 1 is 1.69 bits per heavy atom. The zero-order valence-electron chi connectivity index (χ0n) is 7.57. The summed E-state index contributed by atoms with van der Waals surface area (Å²) in [5, 5.41) is -1.30. The summed E-state index contributed by atoms with van der Waals surface area (Å²) in [5.41, 5.74) is 0.702. The van der Waals surface area contributed by atoms with Gasteiger partial charge in [-0.25, -0.2) is 9.69 Å². The predicted octanol–water partition coefficient (Wildman–Crippen LogP) is 0.662. The minimum absolute atomic E-state index is 0.174. The van der Waals surface area contributed by atoms with Gasteiger partial charge in [-0.1, -0.05) is 12.2 Å². The van der Waals surface area contributed by atoms with Gasteiger partial charge in [0.1, 0.15) is 0 Å². The molecule has 1 aliphatic rings. The maximum absolute atomic E-state index is 11.3. The van der Waals surface area contributed by atoms with Crippen LogP contribution in [0.15, 0.2) is 12.2 Å². The highest BCUT2D eigenvalue weighted by Crippen LogP contribution is 2.20. The van der Waals surface area contributed by atoms with Crippen LogP contribution in [0.4, 0.5) is 4.79 Å². The van der Waals surface area contributed by atoms with Crippen molar-refractivity contribution in [2.75, 3.05) is 6.54 Å². The minimum atomic E-state index is -1.69. The van der Waals surface area contributed by atoms with E-state index in [-0.39, 0.29) is 12.5 Å². The van der Waals surface area contributed by atoms with Gasteiger partial charge in [-0.15, -0.1) is 0 Å². The van der Waals surface area contributed by atoms with E-state index in [4.69, 9.17) is 0 Å². The molecule has 0 aromatic rings. The van der Waals surface area contributed by atoms with Crippen LogP contribution in [0.5, 0.6) is 0 Å². The Morgan fingerprint density at radius 2 is 2.23 bits per heavy atom. The van der Waals surface area contributed by atoms with Crippen LogP contribution in [0.2, 0.25) is 0 Å². The van der Waals surface area contributed by atoms with E-state index in [1.54, 1.807) is 6.92 Å². The fourth-order valence-electron chi connectivity index (χ4n) is 1.07. The summed E-state index contributed by atoms with van der Waals surface area (Å²) >= 11 is -1.69. The van der Waals surface area contributed by atoms with Crippen molar-refractivity contribution >= 4 is 22.3 Å². The van der Waals surface area contributed by atoms with Crippen molar-refractivity contribution in [1.29, 1.82) is 0 Å². The van der Waals surface area contributed by atoms with Crippen LogP contribution in [0.1, 0.15) is 13.8 Å². The van der Waals surface area contributed by atoms with Gasteiger partial charge in [-0.2, -0.15) is 0 Å². The van der Waals surface area contributed by atoms with Gasteiger partial charge in [-0.05, 0) is 13.8 Å². The molecule has 0 aromatic heterocycles. The van der Waals surface area contributed by atoms with Crippen LogP contribution in [0.25, 0.3) is 0 Å². The van der Waals surface area contributed by atoms with Crippen LogP contribution in [0.3, 0.4) is 0 Å². The summed E-state index contributed by atoms with van der Waals surface area (Å²) in [6.45, 7) is 6.98. The summed E-state index contributed by atoms with van der Waals surface area (Å²) in [5.74, 6) is -0.369. The summed E-state index contributed by atoms with van der Waals surface area (Å²) in [4.78, 5) is 23.6. The average molecular weight is 201 g/mol. The maximum atomic E-state index is 11.3. The second-order valence-electron chi connectivity index (χ2n) is 3.09. The van der Waals surface area contributed by atoms with E-state index in [9.17, 15) is 14.1 Å². The number of nitrogens with zero attached hydrogens (tertiary/aromatic N) is 1. The smallest absolute Gasteiger partial charge is 0.437 e. The molecule has 1 heterocycles. The van der Waals surface area contributed by atoms with Crippen LogP contribution in [-0.2, 0) is 16.0 Å². The van der Waals surface area contributed by atoms with Crippen molar-refractivity contribution in [2.24, 2.45) is 0 Å². The van der Waals surface area contributed by atoms with Crippen molar-refractivity contribution in [1.82, 2.24) is 4.90 Å². The maximum Gasteiger partial charge on any atom is 0.437 e. The summed E-state index contributed by atoms with van der Waals surface area (Å²) in [7, 11) is 0. The van der Waals surface area contributed by atoms with E-state index in [1.807, 2.05) is 0 Å². The fourth-order valence-corrected chi connectivity index (χ4v) is 2.06. The average Bonchev–Trinajstić information content (AvgIpc) is 2.22. The van der Waals surface area contributed by atoms with Crippen LogP contribution < -0.4 is 0 Å². The molecule has 2 unspecified atom stereocenters. The van der Waals surface area contributed by atoms with Crippen LogP contribution >= 0.6 is 0 Å². The lowest BCUT2D eigenvalue weighted by Gasteiger charge is -2.08. The van der Waals surface area contributed by atoms with Gasteiger partial charge >= 0.3 is 5.24 Å². The molecular weight excluding hydrogens is 190 g/mol. The van der Waals surface area contributed by atoms with Crippen molar-refractivity contribution in [2.45, 2.75) is 19.1 Å². The number of rotatable bonds is 2. The molecule has 1 fully saturated rings. The molecule has 2 amide bonds. The number of carbonyl (C=O) groups excluding carboxylic acids is 2. The molecular formula is C8H11NO3S. The lowest BCUT2D eigenvalue weighted by molar-refractivity contribution is -0.126. The first-order valence-corrected chi connectivity index (χ1v) is 5.06. The number of hydrogen-bond acceptors (Lipinski definition) is 3. The van der Waals surface area contributed by atoms with Gasteiger partial charge in [0.15, 0.2) is 0 Å². The number of imide groups is 1. The van der Waals surface area contributed by atoms with E-state index in [0.717, 1.165) is 4.90 Å². The topological polar surface area (TPSA) is 60.4 Å². The number of carbonyl (C=O) groups is 2. The molecule has 1 rings (SSSR count). The molecule has 13 heavy (non-hydrogen) atoms. The van der Waals surface area contributed by atoms with E-state index < -0.39 is 21.7 Å². The lowest BCUT2D eigenvalue weighted by atomic mass is 10.3. The summed E-state index contributed by atoms with van der Waals surface area (Å²) < 4.78 is 11.2. The highest BCUT2D eigenvalue weighted by molar-refractivity contribution is 8.07. The largest absolute Gasteiger partial charge is 0.607 e. The Kier molecular flexibility index (Phi) is 2.77. The predicted molar refractivity (Wildman–Crippen MR) is 49.5 cm³/mol. The van der Waals surface area contributed by atoms with Gasteiger partial charge in [-0.3, -0.25) is 4.79 Å². The second-order valence-corrected chi connectivity index (χ2v) is 4.74. The van der Waals surface area contributed by atoms with Gasteiger partial charge in [0.2, 0.25) is 5.25 Å². The minimum Gasteiger partial charge on any atom is -0.607 e. The van der Waals surface area contributed by atoms with Gasteiger partial charge in [0.25, 0.3) is 5.91 Å². The molecule has 0 N–H and O–H groups in total. The highest BCUT2D eigenvalue weighted by Gasteiger charge is 2.49. The Morgan fingerprint density at radius 3 is 2.54 bits per heavy atom. The van der Waals surface area contributed by atoms with E-state index in [1.165, 1.54) is 6.92 Å². The third-order valence-corrected chi connectivity index (χ3v) is 3.16. The Labute approximate surface area is 79.8 Å². The van der Waals surface area contributed by atoms with Gasteiger partial charge < -0.3 is 4.55 Å². The molecule has 4 nitrogen and oxygen atoms in total. The van der Waals surface area contributed by atoms with E-state index >= 15 is 0 Å². The molecule has 1 saturated heterocycles. The molecule has 0 aromatic carbocycles. The fraction of sp³-hybridized carbons (Fsp3) is 0.500. The molecule has 5 heteroatoms. The molecule has 2 atom stereocenters. The molecule has 72 valence electrons. The molecule has 0 radical (unpaired) electrons. The molecule has 0 spiro atoms. The zero-order valence-corrected chi connectivity index (χ0v) is 8.39. The first kappa shape index (κ1) is 10.3. The quantitative estimate of drug-likeness (QED) is 0.487. The summed E-state index contributed by atoms with van der Waals surface area (Å²) in [6.07, 6.45) is 0. The van der Waals surface area contributed by atoms with Crippen molar-refractivity contribution < 1.29 is 14.1 Å². The Hall–Kier alpha value is -0.810. The number of amides is 2. The normalized spacial score (nSPS) is 28.4. The highest BCUT2D eigenvalue weighted by atomic mass is 32.2. The molecule has 0 bridgehead atoms. The zero-order chi connectivity index (χ0) is 10.2.